The van der Waals surface area contributed by atoms with E-state index in [1.807, 2.05) is 18.2 Å². The second-order valence-electron chi connectivity index (χ2n) is 8.48. The van der Waals surface area contributed by atoms with Crippen molar-refractivity contribution in [1.29, 1.82) is 0 Å². The zero-order valence-electron chi connectivity index (χ0n) is 18.8. The predicted octanol–water partition coefficient (Wildman–Crippen LogP) is 3.19. The number of anilines is 2. The van der Waals surface area contributed by atoms with Crippen LogP contribution < -0.4 is 15.4 Å². The number of nitrogens with one attached hydrogen (secondary N) is 1. The maximum absolute atomic E-state index is 12.7. The van der Waals surface area contributed by atoms with Crippen LogP contribution in [-0.4, -0.2) is 42.4 Å². The summed E-state index contributed by atoms with van der Waals surface area (Å²) in [5.41, 5.74) is 8.85. The number of primary amides is 1. The molecule has 178 valence electrons. The lowest BCUT2D eigenvalue weighted by Crippen LogP contribution is -2.38. The Morgan fingerprint density at radius 2 is 1.71 bits per heavy atom. The summed E-state index contributed by atoms with van der Waals surface area (Å²) in [5.74, 6) is 0.409. The molecule has 9 nitrogen and oxygen atoms in total. The molecule has 0 radical (unpaired) electrons. The molecule has 2 aromatic carbocycles. The van der Waals surface area contributed by atoms with Crippen molar-refractivity contribution in [3.63, 3.8) is 0 Å². The summed E-state index contributed by atoms with van der Waals surface area (Å²) in [4.78, 5) is 27.3. The molecule has 1 saturated heterocycles. The fourth-order valence-corrected chi connectivity index (χ4v) is 5.25. The first-order valence-electron chi connectivity index (χ1n) is 11.2. The Hall–Kier alpha value is -4.05. The summed E-state index contributed by atoms with van der Waals surface area (Å²) >= 11 is 0. The van der Waals surface area contributed by atoms with Gasteiger partial charge >= 0.3 is 0 Å². The Morgan fingerprint density at radius 3 is 2.46 bits per heavy atom. The lowest BCUT2D eigenvalue weighted by molar-refractivity contribution is -0.122. The van der Waals surface area contributed by atoms with Crippen molar-refractivity contribution < 1.29 is 13.2 Å². The van der Waals surface area contributed by atoms with Crippen LogP contribution in [0.25, 0.3) is 22.2 Å². The third kappa shape index (κ3) is 4.92. The van der Waals surface area contributed by atoms with Crippen LogP contribution in [0.2, 0.25) is 0 Å². The van der Waals surface area contributed by atoms with Crippen LogP contribution in [0.4, 0.5) is 11.5 Å². The van der Waals surface area contributed by atoms with Crippen molar-refractivity contribution in [2.45, 2.75) is 17.7 Å². The Balaban J connectivity index is 1.40. The molecule has 4 aromatic rings. The second-order valence-corrected chi connectivity index (χ2v) is 10.2. The van der Waals surface area contributed by atoms with Gasteiger partial charge in [-0.1, -0.05) is 24.3 Å². The fourth-order valence-electron chi connectivity index (χ4n) is 4.19. The predicted molar refractivity (Wildman–Crippen MR) is 134 cm³/mol. The molecule has 35 heavy (non-hydrogen) atoms. The van der Waals surface area contributed by atoms with Crippen molar-refractivity contribution >= 4 is 38.5 Å². The second kappa shape index (κ2) is 9.30. The summed E-state index contributed by atoms with van der Waals surface area (Å²) in [5, 5.41) is 0. The van der Waals surface area contributed by atoms with Gasteiger partial charge in [-0.15, -0.1) is 0 Å². The van der Waals surface area contributed by atoms with Gasteiger partial charge in [0.25, 0.3) is 10.0 Å². The van der Waals surface area contributed by atoms with Gasteiger partial charge in [0.2, 0.25) is 5.91 Å². The van der Waals surface area contributed by atoms with Crippen molar-refractivity contribution in [2.75, 3.05) is 22.7 Å². The molecule has 1 aliphatic heterocycles. The molecule has 5 rings (SSSR count). The van der Waals surface area contributed by atoms with Crippen LogP contribution in [0.5, 0.6) is 0 Å². The highest BCUT2D eigenvalue weighted by Crippen LogP contribution is 2.27. The van der Waals surface area contributed by atoms with Gasteiger partial charge in [-0.3, -0.25) is 19.5 Å². The Bertz CT molecular complexity index is 1490. The van der Waals surface area contributed by atoms with Gasteiger partial charge in [0.05, 0.1) is 34.0 Å². The van der Waals surface area contributed by atoms with Gasteiger partial charge in [-0.05, 0) is 48.7 Å². The first kappa shape index (κ1) is 22.7. The number of carbonyl (C=O) groups excluding carboxylic acids is 1. The summed E-state index contributed by atoms with van der Waals surface area (Å²) in [6.45, 7) is 1.39. The average Bonchev–Trinajstić information content (AvgIpc) is 2.88. The minimum absolute atomic E-state index is 0.0923. The first-order valence-corrected chi connectivity index (χ1v) is 12.7. The van der Waals surface area contributed by atoms with Gasteiger partial charge in [0.1, 0.15) is 5.82 Å². The number of aromatic nitrogens is 3. The lowest BCUT2D eigenvalue weighted by atomic mass is 9.96. The average molecular weight is 489 g/mol. The molecule has 1 fully saturated rings. The molecule has 1 aliphatic rings. The molecule has 0 spiro atoms. The molecule has 2 aromatic heterocycles. The molecule has 0 bridgehead atoms. The van der Waals surface area contributed by atoms with E-state index in [-0.39, 0.29) is 16.7 Å². The fraction of sp³-hybridized carbons (Fsp3) is 0.200. The van der Waals surface area contributed by atoms with E-state index in [1.165, 1.54) is 18.3 Å². The quantitative estimate of drug-likeness (QED) is 0.426. The monoisotopic (exact) mass is 488 g/mol. The number of amides is 1. The summed E-state index contributed by atoms with van der Waals surface area (Å²) < 4.78 is 28.0. The van der Waals surface area contributed by atoms with Crippen LogP contribution in [0.15, 0.2) is 78.1 Å². The number of piperidine rings is 1. The standard InChI is InChI=1S/C25H24N6O3S/c26-25(32)17-8-10-31(11-9-17)24-16-28-22-7-6-18(13-23(22)29-24)19-12-20(15-27-14-19)30-35(33,34)21-4-2-1-3-5-21/h1-7,12-17,30H,8-11H2,(H2,26,32). The van der Waals surface area contributed by atoms with Crippen LogP contribution >= 0.6 is 0 Å². The van der Waals surface area contributed by atoms with Crippen LogP contribution in [0.1, 0.15) is 12.8 Å². The molecule has 3 N–H and O–H groups in total. The Labute approximate surface area is 203 Å². The SMILES string of the molecule is NC(=O)C1CCN(c2cnc3ccc(-c4cncc(NS(=O)(=O)c5ccccc5)c4)cc3n2)CC1. The lowest BCUT2D eigenvalue weighted by Gasteiger charge is -2.31. The van der Waals surface area contributed by atoms with E-state index in [1.54, 1.807) is 36.7 Å². The third-order valence-corrected chi connectivity index (χ3v) is 7.53. The van der Waals surface area contributed by atoms with Crippen molar-refractivity contribution in [3.8, 4) is 11.1 Å². The zero-order valence-corrected chi connectivity index (χ0v) is 19.6. The van der Waals surface area contributed by atoms with E-state index in [0.717, 1.165) is 22.5 Å². The molecule has 3 heterocycles. The van der Waals surface area contributed by atoms with Crippen molar-refractivity contribution in [2.24, 2.45) is 11.7 Å². The van der Waals surface area contributed by atoms with E-state index in [4.69, 9.17) is 10.7 Å². The normalized spacial score (nSPS) is 14.7. The molecular formula is C25H24N6O3S. The highest BCUT2D eigenvalue weighted by atomic mass is 32.2. The molecule has 0 aliphatic carbocycles. The van der Waals surface area contributed by atoms with Gasteiger partial charge in [0, 0.05) is 30.8 Å². The minimum Gasteiger partial charge on any atom is -0.369 e. The number of pyridine rings is 1. The zero-order chi connectivity index (χ0) is 24.4. The Kier molecular flexibility index (Phi) is 6.04. The van der Waals surface area contributed by atoms with E-state index in [9.17, 15) is 13.2 Å². The van der Waals surface area contributed by atoms with E-state index < -0.39 is 10.0 Å². The number of nitrogens with two attached hydrogens (primary N) is 1. The highest BCUT2D eigenvalue weighted by Gasteiger charge is 2.24. The van der Waals surface area contributed by atoms with Crippen molar-refractivity contribution in [3.05, 3.63) is 73.2 Å². The van der Waals surface area contributed by atoms with Crippen LogP contribution in [0, 0.1) is 5.92 Å². The number of sulfonamides is 1. The number of hydrogen-bond acceptors (Lipinski definition) is 7. The molecule has 1 amide bonds. The van der Waals surface area contributed by atoms with Crippen LogP contribution in [0.3, 0.4) is 0 Å². The summed E-state index contributed by atoms with van der Waals surface area (Å²) in [7, 11) is -3.72. The van der Waals surface area contributed by atoms with Crippen molar-refractivity contribution in [1.82, 2.24) is 15.0 Å². The molecule has 0 atom stereocenters. The number of nitrogens with zero attached hydrogens (tertiary/aromatic N) is 4. The highest BCUT2D eigenvalue weighted by molar-refractivity contribution is 7.92. The van der Waals surface area contributed by atoms with E-state index in [0.29, 0.717) is 37.1 Å². The number of carbonyl (C=O) groups is 1. The Morgan fingerprint density at radius 1 is 0.943 bits per heavy atom. The number of hydrogen-bond donors (Lipinski definition) is 2. The summed E-state index contributed by atoms with van der Waals surface area (Å²) in [6.07, 6.45) is 6.29. The molecule has 10 heteroatoms. The molecular weight excluding hydrogens is 464 g/mol. The first-order chi connectivity index (χ1) is 16.9. The van der Waals surface area contributed by atoms with Gasteiger partial charge in [-0.25, -0.2) is 13.4 Å². The minimum atomic E-state index is -3.72. The van der Waals surface area contributed by atoms with Gasteiger partial charge < -0.3 is 10.6 Å². The van der Waals surface area contributed by atoms with E-state index in [2.05, 4.69) is 19.6 Å². The molecule has 0 saturated carbocycles. The topological polar surface area (TPSA) is 131 Å². The molecule has 0 unspecified atom stereocenters. The largest absolute Gasteiger partial charge is 0.369 e. The van der Waals surface area contributed by atoms with Gasteiger partial charge in [-0.2, -0.15) is 0 Å². The van der Waals surface area contributed by atoms with E-state index >= 15 is 0 Å². The number of rotatable bonds is 6. The number of fused-ring (bicyclic) bond motifs is 1. The maximum atomic E-state index is 12.7. The third-order valence-electron chi connectivity index (χ3n) is 6.13. The maximum Gasteiger partial charge on any atom is 0.261 e. The summed E-state index contributed by atoms with van der Waals surface area (Å²) in [6, 6.07) is 15.6. The number of benzene rings is 2. The van der Waals surface area contributed by atoms with Gasteiger partial charge in [0.15, 0.2) is 0 Å². The smallest absolute Gasteiger partial charge is 0.261 e. The van der Waals surface area contributed by atoms with Crippen LogP contribution in [-0.2, 0) is 14.8 Å².